The normalized spacial score (nSPS) is 19.1. The number of nitrogens with one attached hydrogen (secondary N) is 1. The van der Waals surface area contributed by atoms with E-state index in [2.05, 4.69) is 51.0 Å². The molecule has 124 valence electrons. The number of nitrogens with zero attached hydrogens (tertiary/aromatic N) is 3. The van der Waals surface area contributed by atoms with Gasteiger partial charge in [-0.1, -0.05) is 31.2 Å². The molecule has 4 nitrogen and oxygen atoms in total. The largest absolute Gasteiger partial charge is 0.337 e. The van der Waals surface area contributed by atoms with E-state index < -0.39 is 0 Å². The number of benzene rings is 1. The highest BCUT2D eigenvalue weighted by Gasteiger charge is 2.17. The van der Waals surface area contributed by atoms with Gasteiger partial charge in [-0.3, -0.25) is 4.90 Å². The van der Waals surface area contributed by atoms with E-state index in [1.54, 1.807) is 0 Å². The quantitative estimate of drug-likeness (QED) is 0.890. The molecule has 2 aromatic rings. The molecule has 0 bridgehead atoms. The first-order valence-corrected chi connectivity index (χ1v) is 8.67. The fourth-order valence-electron chi connectivity index (χ4n) is 3.44. The van der Waals surface area contributed by atoms with Crippen molar-refractivity contribution in [3.05, 3.63) is 53.6 Å². The lowest BCUT2D eigenvalue weighted by Crippen LogP contribution is -2.34. The zero-order valence-corrected chi connectivity index (χ0v) is 14.3. The van der Waals surface area contributed by atoms with Crippen LogP contribution >= 0.6 is 0 Å². The molecule has 1 saturated heterocycles. The lowest BCUT2D eigenvalue weighted by Gasteiger charge is -2.31. The highest BCUT2D eigenvalue weighted by atomic mass is 15.1. The molecule has 1 aromatic heterocycles. The summed E-state index contributed by atoms with van der Waals surface area (Å²) in [7, 11) is 2.04. The number of aromatic nitrogens is 2. The maximum Gasteiger partial charge on any atom is 0.0945 e. The summed E-state index contributed by atoms with van der Waals surface area (Å²) in [6, 6.07) is 8.83. The predicted molar refractivity (Wildman–Crippen MR) is 93.9 cm³/mol. The molecule has 1 aliphatic rings. The Morgan fingerprint density at radius 3 is 2.78 bits per heavy atom. The molecule has 0 saturated carbocycles. The van der Waals surface area contributed by atoms with Crippen molar-refractivity contribution in [3.8, 4) is 0 Å². The SMILES string of the molecule is C[C@H]1CCCN(Cc2ccccc2CNCc2cncn2C)C1. The zero-order chi connectivity index (χ0) is 16.1. The van der Waals surface area contributed by atoms with Crippen LogP contribution in [0.15, 0.2) is 36.8 Å². The Labute approximate surface area is 139 Å². The van der Waals surface area contributed by atoms with Gasteiger partial charge in [-0.05, 0) is 36.4 Å². The number of hydrogen-bond acceptors (Lipinski definition) is 3. The van der Waals surface area contributed by atoms with Crippen LogP contribution in [0.5, 0.6) is 0 Å². The number of aryl methyl sites for hydroxylation is 1. The van der Waals surface area contributed by atoms with Gasteiger partial charge < -0.3 is 9.88 Å². The van der Waals surface area contributed by atoms with E-state index in [1.807, 2.05) is 19.6 Å². The van der Waals surface area contributed by atoms with E-state index >= 15 is 0 Å². The summed E-state index contributed by atoms with van der Waals surface area (Å²) in [5, 5.41) is 3.55. The van der Waals surface area contributed by atoms with Gasteiger partial charge >= 0.3 is 0 Å². The molecule has 4 heteroatoms. The minimum atomic E-state index is 0.832. The van der Waals surface area contributed by atoms with E-state index in [1.165, 1.54) is 42.8 Å². The van der Waals surface area contributed by atoms with E-state index in [9.17, 15) is 0 Å². The first-order chi connectivity index (χ1) is 11.2. The number of rotatable bonds is 6. The number of hydrogen-bond donors (Lipinski definition) is 1. The van der Waals surface area contributed by atoms with Crippen molar-refractivity contribution in [2.75, 3.05) is 13.1 Å². The summed E-state index contributed by atoms with van der Waals surface area (Å²) in [6.07, 6.45) is 6.49. The van der Waals surface area contributed by atoms with Gasteiger partial charge in [0, 0.05) is 39.4 Å². The van der Waals surface area contributed by atoms with Gasteiger partial charge in [-0.2, -0.15) is 0 Å². The van der Waals surface area contributed by atoms with E-state index in [0.29, 0.717) is 0 Å². The van der Waals surface area contributed by atoms with Crippen molar-refractivity contribution in [2.24, 2.45) is 13.0 Å². The summed E-state index contributed by atoms with van der Waals surface area (Å²) in [5.41, 5.74) is 4.08. The third-order valence-corrected chi connectivity index (χ3v) is 4.79. The lowest BCUT2D eigenvalue weighted by atomic mass is 9.99. The Balaban J connectivity index is 1.58. The van der Waals surface area contributed by atoms with Crippen LogP contribution in [0.25, 0.3) is 0 Å². The smallest absolute Gasteiger partial charge is 0.0945 e. The molecule has 1 atom stereocenters. The predicted octanol–water partition coefficient (Wildman–Crippen LogP) is 2.94. The Kier molecular flexibility index (Phi) is 5.47. The van der Waals surface area contributed by atoms with Crippen LogP contribution in [-0.4, -0.2) is 27.5 Å². The minimum absolute atomic E-state index is 0.832. The summed E-state index contributed by atoms with van der Waals surface area (Å²) in [4.78, 5) is 6.77. The van der Waals surface area contributed by atoms with Gasteiger partial charge in [0.05, 0.1) is 12.0 Å². The Bertz CT molecular complexity index is 619. The molecule has 0 unspecified atom stereocenters. The average molecular weight is 312 g/mol. The van der Waals surface area contributed by atoms with Crippen LogP contribution < -0.4 is 5.32 Å². The van der Waals surface area contributed by atoms with E-state index in [-0.39, 0.29) is 0 Å². The molecule has 1 aliphatic heterocycles. The van der Waals surface area contributed by atoms with Crippen molar-refractivity contribution in [1.29, 1.82) is 0 Å². The summed E-state index contributed by atoms with van der Waals surface area (Å²) < 4.78 is 2.06. The maximum absolute atomic E-state index is 4.17. The van der Waals surface area contributed by atoms with Crippen molar-refractivity contribution >= 4 is 0 Å². The average Bonchev–Trinajstić information content (AvgIpc) is 2.94. The fraction of sp³-hybridized carbons (Fsp3) is 0.526. The van der Waals surface area contributed by atoms with Gasteiger partial charge in [-0.15, -0.1) is 0 Å². The maximum atomic E-state index is 4.17. The Hall–Kier alpha value is -1.65. The van der Waals surface area contributed by atoms with Crippen LogP contribution in [0, 0.1) is 5.92 Å². The first kappa shape index (κ1) is 16.2. The minimum Gasteiger partial charge on any atom is -0.337 e. The van der Waals surface area contributed by atoms with Gasteiger partial charge in [0.15, 0.2) is 0 Å². The molecular weight excluding hydrogens is 284 g/mol. The second kappa shape index (κ2) is 7.75. The van der Waals surface area contributed by atoms with Gasteiger partial charge in [0.1, 0.15) is 0 Å². The molecule has 0 radical (unpaired) electrons. The van der Waals surface area contributed by atoms with Crippen LogP contribution in [0.1, 0.15) is 36.6 Å². The molecule has 0 amide bonds. The lowest BCUT2D eigenvalue weighted by molar-refractivity contribution is 0.176. The highest BCUT2D eigenvalue weighted by Crippen LogP contribution is 2.19. The molecule has 1 fully saturated rings. The molecule has 3 rings (SSSR count). The molecule has 1 aromatic carbocycles. The monoisotopic (exact) mass is 312 g/mol. The summed E-state index contributed by atoms with van der Waals surface area (Å²) in [5.74, 6) is 0.832. The highest BCUT2D eigenvalue weighted by molar-refractivity contribution is 5.27. The molecule has 2 heterocycles. The third-order valence-electron chi connectivity index (χ3n) is 4.79. The third kappa shape index (κ3) is 4.43. The van der Waals surface area contributed by atoms with Crippen molar-refractivity contribution in [3.63, 3.8) is 0 Å². The molecular formula is C19H28N4. The van der Waals surface area contributed by atoms with Crippen LogP contribution in [-0.2, 0) is 26.7 Å². The van der Waals surface area contributed by atoms with Gasteiger partial charge in [0.2, 0.25) is 0 Å². The van der Waals surface area contributed by atoms with Crippen LogP contribution in [0.2, 0.25) is 0 Å². The standard InChI is InChI=1S/C19H28N4/c1-16-6-5-9-23(13-16)14-18-8-4-3-7-17(18)10-20-11-19-12-21-15-22(19)2/h3-4,7-8,12,15-16,20H,5-6,9-11,13-14H2,1-2H3/t16-/m0/s1. The van der Waals surface area contributed by atoms with Gasteiger partial charge in [0.25, 0.3) is 0 Å². The van der Waals surface area contributed by atoms with Crippen LogP contribution in [0.4, 0.5) is 0 Å². The van der Waals surface area contributed by atoms with Crippen molar-refractivity contribution in [2.45, 2.75) is 39.4 Å². The molecule has 0 aliphatic carbocycles. The van der Waals surface area contributed by atoms with Crippen molar-refractivity contribution < 1.29 is 0 Å². The fourth-order valence-corrected chi connectivity index (χ4v) is 3.44. The Morgan fingerprint density at radius 1 is 1.22 bits per heavy atom. The van der Waals surface area contributed by atoms with E-state index in [4.69, 9.17) is 0 Å². The molecule has 0 spiro atoms. The topological polar surface area (TPSA) is 33.1 Å². The summed E-state index contributed by atoms with van der Waals surface area (Å²) in [6.45, 7) is 7.68. The van der Waals surface area contributed by atoms with Crippen LogP contribution in [0.3, 0.4) is 0 Å². The van der Waals surface area contributed by atoms with Gasteiger partial charge in [-0.25, -0.2) is 4.98 Å². The van der Waals surface area contributed by atoms with E-state index in [0.717, 1.165) is 25.6 Å². The Morgan fingerprint density at radius 2 is 2.04 bits per heavy atom. The second-order valence-corrected chi connectivity index (χ2v) is 6.85. The van der Waals surface area contributed by atoms with Crippen molar-refractivity contribution in [1.82, 2.24) is 19.8 Å². The second-order valence-electron chi connectivity index (χ2n) is 6.85. The summed E-state index contributed by atoms with van der Waals surface area (Å²) >= 11 is 0. The number of likely N-dealkylation sites (tertiary alicyclic amines) is 1. The molecule has 23 heavy (non-hydrogen) atoms. The molecule has 1 N–H and O–H groups in total. The zero-order valence-electron chi connectivity index (χ0n) is 14.3. The first-order valence-electron chi connectivity index (χ1n) is 8.67. The number of piperidine rings is 1. The number of imidazole rings is 1.